The number of Topliss-reactive ketones (excluding diaryl/α,β-unsaturated/α-hetero) is 1. The molecule has 25 nitrogen and oxygen atoms in total. The third-order valence-electron chi connectivity index (χ3n) is 17.2. The van der Waals surface area contributed by atoms with Crippen LogP contribution in [0, 0.1) is 47.3 Å². The normalized spacial score (nSPS) is 25.8. The molecular formula is C67H119N11O14. The quantitative estimate of drug-likeness (QED) is 0.0862. The Morgan fingerprint density at radius 3 is 1.50 bits per heavy atom. The van der Waals surface area contributed by atoms with Crippen LogP contribution in [0.5, 0.6) is 0 Å². The molecular weight excluding hydrogens is 1180 g/mol. The molecule has 1 heterocycles. The second-order valence-corrected chi connectivity index (χ2v) is 27.7. The van der Waals surface area contributed by atoms with Gasteiger partial charge in [0.15, 0.2) is 5.78 Å². The van der Waals surface area contributed by atoms with Gasteiger partial charge in [0.05, 0.1) is 25.3 Å². The summed E-state index contributed by atoms with van der Waals surface area (Å²) in [6.45, 7) is 30.3. The van der Waals surface area contributed by atoms with E-state index in [4.69, 9.17) is 4.74 Å². The molecule has 12 atom stereocenters. The average molecular weight is 1300 g/mol. The molecule has 1 fully saturated rings. The van der Waals surface area contributed by atoms with E-state index in [1.54, 1.807) is 41.5 Å². The van der Waals surface area contributed by atoms with Gasteiger partial charge in [0.25, 0.3) is 0 Å². The van der Waals surface area contributed by atoms with E-state index in [9.17, 15) is 43.5 Å². The molecule has 11 amide bonds. The van der Waals surface area contributed by atoms with Gasteiger partial charge in [-0.2, -0.15) is 0 Å². The second kappa shape index (κ2) is 39.3. The Morgan fingerprint density at radius 2 is 1.01 bits per heavy atom. The molecule has 0 radical (unpaired) electrons. The lowest BCUT2D eigenvalue weighted by Crippen LogP contribution is -2.63. The second-order valence-electron chi connectivity index (χ2n) is 27.7. The fraction of sp³-hybridized carbons (Fsp3) is 0.791. The van der Waals surface area contributed by atoms with Crippen molar-refractivity contribution in [2.75, 3.05) is 75.6 Å². The predicted octanol–water partition coefficient (Wildman–Crippen LogP) is 3.49. The number of nitrogens with zero attached hydrogens (tertiary/aromatic N) is 7. The summed E-state index contributed by atoms with van der Waals surface area (Å²) in [5.41, 5.74) is 0. The number of carbonyl (C=O) groups is 12. The number of ketones is 1. The Bertz CT molecular complexity index is 2520. The first-order valence-electron chi connectivity index (χ1n) is 33.1. The molecule has 1 aliphatic heterocycles. The van der Waals surface area contributed by atoms with Crippen LogP contribution in [-0.4, -0.2) is 246 Å². The van der Waals surface area contributed by atoms with Crippen LogP contribution < -0.4 is 21.3 Å². The third kappa shape index (κ3) is 24.8. The number of allylic oxidation sites excluding steroid dienone is 1. The summed E-state index contributed by atoms with van der Waals surface area (Å²) in [6.07, 6.45) is 1.47. The van der Waals surface area contributed by atoms with Gasteiger partial charge in [0.1, 0.15) is 48.3 Å². The maximum absolute atomic E-state index is 15.3. The van der Waals surface area contributed by atoms with Crippen LogP contribution >= 0.6 is 0 Å². The highest BCUT2D eigenvalue weighted by molar-refractivity contribution is 5.99. The molecule has 0 aromatic heterocycles. The van der Waals surface area contributed by atoms with Gasteiger partial charge in [-0.1, -0.05) is 103 Å². The van der Waals surface area contributed by atoms with Gasteiger partial charge >= 0.3 is 0 Å². The van der Waals surface area contributed by atoms with Crippen LogP contribution in [0.25, 0.3) is 0 Å². The van der Waals surface area contributed by atoms with Crippen molar-refractivity contribution in [1.29, 1.82) is 0 Å². The van der Waals surface area contributed by atoms with Crippen LogP contribution in [0.2, 0.25) is 0 Å². The number of aliphatic hydroxyl groups is 1. The summed E-state index contributed by atoms with van der Waals surface area (Å²) < 4.78 is 5.30. The molecule has 92 heavy (non-hydrogen) atoms. The molecule has 0 bridgehead atoms. The van der Waals surface area contributed by atoms with Gasteiger partial charge in [0, 0.05) is 74.8 Å². The highest BCUT2D eigenvalue weighted by atomic mass is 16.5. The lowest BCUT2D eigenvalue weighted by atomic mass is 9.85. The Hall–Kier alpha value is -6.50. The topological polar surface area (TPSA) is 305 Å². The minimum absolute atomic E-state index is 0.0201. The van der Waals surface area contributed by atoms with E-state index in [0.29, 0.717) is 13.2 Å². The largest absolute Gasteiger partial charge is 0.390 e. The van der Waals surface area contributed by atoms with Crippen LogP contribution in [-0.2, 0) is 62.3 Å². The molecule has 25 heteroatoms. The number of nitrogens with one attached hydrogen (secondary N) is 4. The summed E-state index contributed by atoms with van der Waals surface area (Å²) in [4.78, 5) is 182. The molecule has 0 aliphatic carbocycles. The molecule has 1 unspecified atom stereocenters. The maximum Gasteiger partial charge on any atom is 0.246 e. The van der Waals surface area contributed by atoms with E-state index >= 15 is 19.2 Å². The Kier molecular flexibility index (Phi) is 35.6. The lowest BCUT2D eigenvalue weighted by molar-refractivity contribution is -0.157. The highest BCUT2D eigenvalue weighted by Gasteiger charge is 2.46. The zero-order chi connectivity index (χ0) is 71.1. The minimum Gasteiger partial charge on any atom is -0.390 e. The molecule has 0 aromatic carbocycles. The van der Waals surface area contributed by atoms with Crippen molar-refractivity contribution < 1.29 is 67.4 Å². The van der Waals surface area contributed by atoms with Gasteiger partial charge in [-0.25, -0.2) is 0 Å². The average Bonchev–Trinajstić information content (AvgIpc) is 0.852. The van der Waals surface area contributed by atoms with Crippen molar-refractivity contribution in [1.82, 2.24) is 55.6 Å². The van der Waals surface area contributed by atoms with Crippen molar-refractivity contribution in [2.24, 2.45) is 47.3 Å². The number of ether oxygens (including phenoxy) is 1. The first-order chi connectivity index (χ1) is 42.6. The van der Waals surface area contributed by atoms with Gasteiger partial charge in [-0.3, -0.25) is 57.5 Å². The fourth-order valence-electron chi connectivity index (χ4n) is 11.5. The monoisotopic (exact) mass is 1300 g/mol. The number of aliphatic hydroxyl groups excluding tert-OH is 1. The van der Waals surface area contributed by atoms with E-state index in [1.807, 2.05) is 62.3 Å². The molecule has 0 aromatic rings. The molecule has 526 valence electrons. The SMILES string of the molecule is CCOCCNC(=O)/C=C\C[C@H](C)[C@H](O)C1C(=O)N[C@H](CC)C(=O)N(C)CC(=O)N(C)[C@H](CC(C)C)C(=O)C[C@H](C(C)C)C(=O)N(C)[C@H](CC(C)C)C(=O)N[C@H](C)C(=O)N[C@H](C)C(=O)N(C)[C@H](CC(C)C)C(=O)N(C)[C@H](CC(C)C)C(=O)N(C)[C@H](C(C)C)C(=O)N1C. The molecule has 1 rings (SSSR count). The van der Waals surface area contributed by atoms with E-state index in [1.165, 1.54) is 99.8 Å². The molecule has 1 aliphatic rings. The summed E-state index contributed by atoms with van der Waals surface area (Å²) in [7, 11) is 9.86. The summed E-state index contributed by atoms with van der Waals surface area (Å²) in [5.74, 6) is -11.2. The van der Waals surface area contributed by atoms with Gasteiger partial charge in [-0.05, 0) is 107 Å². The maximum atomic E-state index is 15.3. The Labute approximate surface area is 549 Å². The molecule has 1 saturated heterocycles. The minimum atomic E-state index is -1.73. The smallest absolute Gasteiger partial charge is 0.246 e. The van der Waals surface area contributed by atoms with E-state index in [-0.39, 0.29) is 75.2 Å². The van der Waals surface area contributed by atoms with Crippen LogP contribution in [0.1, 0.15) is 163 Å². The standard InChI is InChI=1S/C67H119N11O14/c1-25-48-64(88)72(18)37-55(81)73(19)49(32-38(3)4)53(79)36-47(42(11)12)63(87)74(20)50(33-39(5)6)60(84)69-45(16)59(83)70-46(17)62(86)75(21)51(34-40(7)8)65(89)76(22)52(35-41(9)10)66(90)77(23)56(43(13)14)67(91)78(24)57(61(85)71-48)58(82)44(15)28-27-29-54(80)68-30-31-92-26-2/h27,29,38-52,56-58,82H,25-26,28,30-37H2,1-24H3,(H,68,80)(H,69,84)(H,70,83)(H,71,85)/b29-27-/t44-,45+,46+,47+,48+,49+,50+,51+,52+,56+,57?,58-/m0/s1. The van der Waals surface area contributed by atoms with Crippen molar-refractivity contribution in [3.05, 3.63) is 12.2 Å². The van der Waals surface area contributed by atoms with E-state index in [2.05, 4.69) is 21.3 Å². The zero-order valence-electron chi connectivity index (χ0n) is 60.2. The number of amides is 11. The van der Waals surface area contributed by atoms with Crippen LogP contribution in [0.3, 0.4) is 0 Å². The number of hydrogen-bond acceptors (Lipinski definition) is 14. The van der Waals surface area contributed by atoms with E-state index in [0.717, 1.165) is 9.80 Å². The summed E-state index contributed by atoms with van der Waals surface area (Å²) >= 11 is 0. The Balaban J connectivity index is 4.35. The first kappa shape index (κ1) is 83.5. The van der Waals surface area contributed by atoms with E-state index < -0.39 is 161 Å². The first-order valence-corrected chi connectivity index (χ1v) is 33.1. The molecule has 0 spiro atoms. The fourth-order valence-corrected chi connectivity index (χ4v) is 11.5. The number of hydrogen-bond donors (Lipinski definition) is 5. The number of rotatable bonds is 20. The number of carbonyl (C=O) groups excluding carboxylic acids is 12. The number of likely N-dealkylation sites (N-methyl/N-ethyl adjacent to an activating group) is 7. The van der Waals surface area contributed by atoms with Crippen LogP contribution in [0.15, 0.2) is 12.2 Å². The predicted molar refractivity (Wildman–Crippen MR) is 353 cm³/mol. The van der Waals surface area contributed by atoms with Crippen molar-refractivity contribution in [3.8, 4) is 0 Å². The third-order valence-corrected chi connectivity index (χ3v) is 17.2. The zero-order valence-corrected chi connectivity index (χ0v) is 60.2. The highest BCUT2D eigenvalue weighted by Crippen LogP contribution is 2.28. The van der Waals surface area contributed by atoms with Gasteiger partial charge in [-0.15, -0.1) is 0 Å². The van der Waals surface area contributed by atoms with Crippen LogP contribution in [0.4, 0.5) is 0 Å². The van der Waals surface area contributed by atoms with Crippen molar-refractivity contribution >= 4 is 70.8 Å². The lowest BCUT2D eigenvalue weighted by Gasteiger charge is -2.41. The molecule has 0 saturated carbocycles. The van der Waals surface area contributed by atoms with Crippen molar-refractivity contribution in [3.63, 3.8) is 0 Å². The summed E-state index contributed by atoms with van der Waals surface area (Å²) in [6, 6.07) is -11.4. The van der Waals surface area contributed by atoms with Crippen molar-refractivity contribution in [2.45, 2.75) is 223 Å². The van der Waals surface area contributed by atoms with Gasteiger partial charge in [0.2, 0.25) is 65.0 Å². The molecule has 5 N–H and O–H groups in total. The van der Waals surface area contributed by atoms with Gasteiger partial charge < -0.3 is 65.4 Å². The summed E-state index contributed by atoms with van der Waals surface area (Å²) in [5, 5.41) is 23.1. The Morgan fingerprint density at radius 1 is 0.543 bits per heavy atom.